The topological polar surface area (TPSA) is 76.1 Å². The van der Waals surface area contributed by atoms with Gasteiger partial charge in [0.15, 0.2) is 0 Å². The third-order valence-electron chi connectivity index (χ3n) is 2.37. The average molecular weight is 298 g/mol. The predicted molar refractivity (Wildman–Crippen MR) is 66.9 cm³/mol. The molecule has 1 aromatic carbocycles. The summed E-state index contributed by atoms with van der Waals surface area (Å²) in [5.74, 6) is -1.52. The second kappa shape index (κ2) is 5.33. The Bertz CT molecular complexity index is 763. The Balaban J connectivity index is 2.34. The molecule has 0 saturated heterocycles. The Morgan fingerprint density at radius 3 is 2.55 bits per heavy atom. The van der Waals surface area contributed by atoms with Gasteiger partial charge in [-0.2, -0.15) is 8.42 Å². The maximum atomic E-state index is 13.0. The first-order valence-electron chi connectivity index (χ1n) is 5.33. The lowest BCUT2D eigenvalue weighted by atomic mass is 10.2. The van der Waals surface area contributed by atoms with Crippen LogP contribution in [0, 0.1) is 5.82 Å². The number of amides is 1. The zero-order valence-corrected chi connectivity index (χ0v) is 10.7. The SMILES string of the molecule is O=C(Nc1ccccc1S(=O)(=O)F)c1cncc(F)c1. The van der Waals surface area contributed by atoms with E-state index in [1.165, 1.54) is 18.2 Å². The monoisotopic (exact) mass is 298 g/mol. The van der Waals surface area contributed by atoms with Crippen molar-refractivity contribution in [1.82, 2.24) is 4.98 Å². The number of carbonyl (C=O) groups is 1. The van der Waals surface area contributed by atoms with Crippen molar-refractivity contribution >= 4 is 21.8 Å². The van der Waals surface area contributed by atoms with Crippen LogP contribution < -0.4 is 5.32 Å². The number of pyridine rings is 1. The van der Waals surface area contributed by atoms with Crippen LogP contribution in [-0.4, -0.2) is 19.3 Å². The molecule has 104 valence electrons. The summed E-state index contributed by atoms with van der Waals surface area (Å²) < 4.78 is 47.9. The lowest BCUT2D eigenvalue weighted by Crippen LogP contribution is -2.14. The van der Waals surface area contributed by atoms with Crippen molar-refractivity contribution in [3.05, 3.63) is 54.1 Å². The van der Waals surface area contributed by atoms with Crippen LogP contribution in [0.1, 0.15) is 10.4 Å². The standard InChI is InChI=1S/C12H8F2N2O3S/c13-9-5-8(6-15-7-9)12(17)16-10-3-1-2-4-11(10)20(14,18)19/h1-7H,(H,16,17). The average Bonchev–Trinajstić information content (AvgIpc) is 2.38. The zero-order valence-electron chi connectivity index (χ0n) is 9.88. The van der Waals surface area contributed by atoms with Gasteiger partial charge in [-0.3, -0.25) is 9.78 Å². The van der Waals surface area contributed by atoms with Gasteiger partial charge >= 0.3 is 10.2 Å². The van der Waals surface area contributed by atoms with Gasteiger partial charge in [0.05, 0.1) is 17.4 Å². The lowest BCUT2D eigenvalue weighted by molar-refractivity contribution is 0.102. The second-order valence-corrected chi connectivity index (χ2v) is 5.10. The first-order chi connectivity index (χ1) is 9.38. The summed E-state index contributed by atoms with van der Waals surface area (Å²) in [6.45, 7) is 0. The van der Waals surface area contributed by atoms with E-state index in [4.69, 9.17) is 0 Å². The van der Waals surface area contributed by atoms with E-state index >= 15 is 0 Å². The van der Waals surface area contributed by atoms with Crippen molar-refractivity contribution in [2.45, 2.75) is 4.90 Å². The molecular formula is C12H8F2N2O3S. The number of aromatic nitrogens is 1. The quantitative estimate of drug-likeness (QED) is 0.881. The molecule has 0 atom stereocenters. The molecule has 1 aromatic heterocycles. The predicted octanol–water partition coefficient (Wildman–Crippen LogP) is 2.13. The Labute approximate surface area is 113 Å². The number of hydrogen-bond acceptors (Lipinski definition) is 4. The number of carbonyl (C=O) groups excluding carboxylic acids is 1. The van der Waals surface area contributed by atoms with Gasteiger partial charge in [0.25, 0.3) is 5.91 Å². The summed E-state index contributed by atoms with van der Waals surface area (Å²) >= 11 is 0. The fourth-order valence-corrected chi connectivity index (χ4v) is 2.14. The number of halogens is 2. The van der Waals surface area contributed by atoms with Gasteiger partial charge in [-0.15, -0.1) is 3.89 Å². The fourth-order valence-electron chi connectivity index (χ4n) is 1.51. The van der Waals surface area contributed by atoms with Crippen molar-refractivity contribution in [3.8, 4) is 0 Å². The molecule has 0 bridgehead atoms. The van der Waals surface area contributed by atoms with Crippen LogP contribution in [0.2, 0.25) is 0 Å². The number of rotatable bonds is 3. The highest BCUT2D eigenvalue weighted by Crippen LogP contribution is 2.23. The third-order valence-corrected chi connectivity index (χ3v) is 3.25. The van der Waals surface area contributed by atoms with E-state index in [0.717, 1.165) is 24.5 Å². The minimum Gasteiger partial charge on any atom is -0.321 e. The van der Waals surface area contributed by atoms with Crippen LogP contribution in [0.15, 0.2) is 47.6 Å². The van der Waals surface area contributed by atoms with E-state index in [2.05, 4.69) is 10.3 Å². The Morgan fingerprint density at radius 2 is 1.90 bits per heavy atom. The third kappa shape index (κ3) is 3.15. The molecule has 0 fully saturated rings. The maximum absolute atomic E-state index is 13.0. The minimum absolute atomic E-state index is 0.115. The molecule has 0 aliphatic rings. The number of para-hydroxylation sites is 1. The Morgan fingerprint density at radius 1 is 1.20 bits per heavy atom. The molecule has 0 radical (unpaired) electrons. The van der Waals surface area contributed by atoms with Crippen molar-refractivity contribution in [3.63, 3.8) is 0 Å². The summed E-state index contributed by atoms with van der Waals surface area (Å²) in [4.78, 5) is 14.6. The molecule has 1 heterocycles. The van der Waals surface area contributed by atoms with Gasteiger partial charge in [-0.1, -0.05) is 12.1 Å². The van der Waals surface area contributed by atoms with Crippen LogP contribution in [0.5, 0.6) is 0 Å². The second-order valence-electron chi connectivity index (χ2n) is 3.78. The van der Waals surface area contributed by atoms with Crippen LogP contribution in [0.25, 0.3) is 0 Å². The van der Waals surface area contributed by atoms with Gasteiger partial charge < -0.3 is 5.32 Å². The molecule has 8 heteroatoms. The van der Waals surface area contributed by atoms with E-state index in [-0.39, 0.29) is 11.3 Å². The van der Waals surface area contributed by atoms with Crippen molar-refractivity contribution < 1.29 is 21.5 Å². The number of hydrogen-bond donors (Lipinski definition) is 1. The maximum Gasteiger partial charge on any atom is 0.334 e. The minimum atomic E-state index is -4.97. The number of benzene rings is 1. The molecule has 2 rings (SSSR count). The normalized spacial score (nSPS) is 11.1. The first-order valence-corrected chi connectivity index (χ1v) is 6.72. The van der Waals surface area contributed by atoms with Crippen molar-refractivity contribution in [2.75, 3.05) is 5.32 Å². The van der Waals surface area contributed by atoms with Gasteiger partial charge in [0.1, 0.15) is 10.7 Å². The molecule has 20 heavy (non-hydrogen) atoms. The molecule has 0 aliphatic carbocycles. The molecule has 0 saturated carbocycles. The summed E-state index contributed by atoms with van der Waals surface area (Å²) in [5, 5.41) is 2.20. The van der Waals surface area contributed by atoms with Crippen LogP contribution in [-0.2, 0) is 10.2 Å². The zero-order chi connectivity index (χ0) is 14.8. The Hall–Kier alpha value is -2.35. The smallest absolute Gasteiger partial charge is 0.321 e. The van der Waals surface area contributed by atoms with Crippen LogP contribution in [0.4, 0.5) is 14.0 Å². The fraction of sp³-hybridized carbons (Fsp3) is 0. The van der Waals surface area contributed by atoms with Gasteiger partial charge in [-0.05, 0) is 18.2 Å². The van der Waals surface area contributed by atoms with E-state index < -0.39 is 26.8 Å². The largest absolute Gasteiger partial charge is 0.334 e. The number of nitrogens with zero attached hydrogens (tertiary/aromatic N) is 1. The number of nitrogens with one attached hydrogen (secondary N) is 1. The molecular weight excluding hydrogens is 290 g/mol. The van der Waals surface area contributed by atoms with E-state index in [9.17, 15) is 21.5 Å². The highest BCUT2D eigenvalue weighted by atomic mass is 32.3. The summed E-state index contributed by atoms with van der Waals surface area (Å²) in [6.07, 6.45) is 2.02. The molecule has 0 spiro atoms. The number of anilines is 1. The summed E-state index contributed by atoms with van der Waals surface area (Å²) in [5.41, 5.74) is -0.347. The first kappa shape index (κ1) is 14.1. The molecule has 0 aliphatic heterocycles. The van der Waals surface area contributed by atoms with Gasteiger partial charge in [0.2, 0.25) is 0 Å². The van der Waals surface area contributed by atoms with Crippen molar-refractivity contribution in [1.29, 1.82) is 0 Å². The van der Waals surface area contributed by atoms with Crippen molar-refractivity contribution in [2.24, 2.45) is 0 Å². The molecule has 2 aromatic rings. The Kier molecular flexibility index (Phi) is 3.75. The molecule has 1 amide bonds. The highest BCUT2D eigenvalue weighted by Gasteiger charge is 2.18. The van der Waals surface area contributed by atoms with Gasteiger partial charge in [-0.25, -0.2) is 4.39 Å². The highest BCUT2D eigenvalue weighted by molar-refractivity contribution is 7.86. The van der Waals surface area contributed by atoms with E-state index in [1.807, 2.05) is 0 Å². The van der Waals surface area contributed by atoms with Gasteiger partial charge in [0, 0.05) is 6.20 Å². The molecule has 0 unspecified atom stereocenters. The van der Waals surface area contributed by atoms with E-state index in [1.54, 1.807) is 0 Å². The van der Waals surface area contributed by atoms with Crippen LogP contribution >= 0.6 is 0 Å². The van der Waals surface area contributed by atoms with Crippen LogP contribution in [0.3, 0.4) is 0 Å². The molecule has 5 nitrogen and oxygen atoms in total. The lowest BCUT2D eigenvalue weighted by Gasteiger charge is -2.08. The molecule has 1 N–H and O–H groups in total. The van der Waals surface area contributed by atoms with E-state index in [0.29, 0.717) is 0 Å². The summed E-state index contributed by atoms with van der Waals surface area (Å²) in [7, 11) is -4.97. The summed E-state index contributed by atoms with van der Waals surface area (Å²) in [6, 6.07) is 5.89.